The highest BCUT2D eigenvalue weighted by Gasteiger charge is 2.37. The number of esters is 2. The Kier molecular flexibility index (Phi) is 8.83. The largest absolute Gasteiger partial charge is 0.504 e. The molecule has 5 rings (SSSR count). The third-order valence-corrected chi connectivity index (χ3v) is 6.87. The molecule has 0 aliphatic rings. The molecule has 0 bridgehead atoms. The molecule has 0 amide bonds. The molecule has 0 spiro atoms. The summed E-state index contributed by atoms with van der Waals surface area (Å²) >= 11 is 6.02. The predicted octanol–water partition coefficient (Wildman–Crippen LogP) is 6.79. The maximum atomic E-state index is 14.1. The van der Waals surface area contributed by atoms with Gasteiger partial charge in [-0.2, -0.15) is 0 Å². The van der Waals surface area contributed by atoms with Gasteiger partial charge in [0.05, 0.1) is 22.3 Å². The molecule has 0 saturated carbocycles. The van der Waals surface area contributed by atoms with Gasteiger partial charge in [0.15, 0.2) is 23.1 Å². The van der Waals surface area contributed by atoms with Crippen LogP contribution in [0.4, 0.5) is 0 Å². The molecule has 2 N–H and O–H groups in total. The van der Waals surface area contributed by atoms with E-state index in [1.165, 1.54) is 48.5 Å². The van der Waals surface area contributed by atoms with Crippen molar-refractivity contribution in [1.82, 2.24) is 0 Å². The van der Waals surface area contributed by atoms with E-state index in [2.05, 4.69) is 0 Å². The molecule has 0 aliphatic heterocycles. The Bertz CT molecular complexity index is 1850. The number of hydrogen-bond donors (Lipinski definition) is 2. The van der Waals surface area contributed by atoms with Gasteiger partial charge < -0.3 is 19.7 Å². The Morgan fingerprint density at radius 2 is 1.05 bits per heavy atom. The lowest BCUT2D eigenvalue weighted by molar-refractivity contribution is 0.0464. The molecule has 9 heteroatoms. The first-order chi connectivity index (χ1) is 21.3. The van der Waals surface area contributed by atoms with Gasteiger partial charge in [-0.25, -0.2) is 9.59 Å². The normalized spacial score (nSPS) is 10.6. The quantitative estimate of drug-likeness (QED) is 0.0812. The highest BCUT2D eigenvalue weighted by Crippen LogP contribution is 2.46. The summed E-state index contributed by atoms with van der Waals surface area (Å²) in [6, 6.07) is 29.5. The average molecular weight is 607 g/mol. The summed E-state index contributed by atoms with van der Waals surface area (Å²) < 4.78 is 11.0. The molecule has 44 heavy (non-hydrogen) atoms. The van der Waals surface area contributed by atoms with Crippen LogP contribution in [0.25, 0.3) is 0 Å². The Morgan fingerprint density at radius 3 is 1.64 bits per heavy atom. The Hall–Kier alpha value is -5.73. The maximum absolute atomic E-state index is 14.1. The van der Waals surface area contributed by atoms with Crippen molar-refractivity contribution in [3.63, 3.8) is 0 Å². The van der Waals surface area contributed by atoms with Gasteiger partial charge in [0.25, 0.3) is 0 Å². The van der Waals surface area contributed by atoms with E-state index in [-0.39, 0.29) is 23.3 Å². The number of rotatable bonds is 9. The first kappa shape index (κ1) is 29.8. The van der Waals surface area contributed by atoms with E-state index in [0.717, 1.165) is 0 Å². The zero-order chi connectivity index (χ0) is 31.2. The Labute approximate surface area is 256 Å². The molecule has 5 aromatic carbocycles. The van der Waals surface area contributed by atoms with Gasteiger partial charge in [-0.3, -0.25) is 9.59 Å². The van der Waals surface area contributed by atoms with Gasteiger partial charge in [0.1, 0.15) is 6.61 Å². The summed E-state index contributed by atoms with van der Waals surface area (Å²) in [4.78, 5) is 55.0. The van der Waals surface area contributed by atoms with Crippen molar-refractivity contribution in [2.75, 3.05) is 0 Å². The van der Waals surface area contributed by atoms with Crippen LogP contribution >= 0.6 is 11.6 Å². The topological polar surface area (TPSA) is 127 Å². The zero-order valence-corrected chi connectivity index (χ0v) is 23.7. The standard InChI is InChI=1S/C35H23ClO8/c36-25-18-16-23(17-19-25)30(38)28-26(35(42)43-20-21-10-4-1-5-11-21)27(29(37)22-12-6-2-7-13-22)31(39)32(40)33(28)44-34(41)24-14-8-3-9-15-24/h1-19,39-40H,20H2. The van der Waals surface area contributed by atoms with Crippen LogP contribution in [0.15, 0.2) is 115 Å². The van der Waals surface area contributed by atoms with Crippen molar-refractivity contribution in [2.24, 2.45) is 0 Å². The summed E-state index contributed by atoms with van der Waals surface area (Å²) in [5.74, 6) is -6.99. The molecule has 0 fully saturated rings. The van der Waals surface area contributed by atoms with E-state index in [4.69, 9.17) is 21.1 Å². The monoisotopic (exact) mass is 606 g/mol. The van der Waals surface area contributed by atoms with Crippen molar-refractivity contribution in [3.8, 4) is 17.2 Å². The van der Waals surface area contributed by atoms with E-state index < -0.39 is 57.4 Å². The maximum Gasteiger partial charge on any atom is 0.343 e. The van der Waals surface area contributed by atoms with Crippen LogP contribution in [0.2, 0.25) is 5.02 Å². The SMILES string of the molecule is O=C(Oc1c(O)c(O)c(C(=O)c2ccccc2)c(C(=O)OCc2ccccc2)c1C(=O)c1ccc(Cl)cc1)c1ccccc1. The summed E-state index contributed by atoms with van der Waals surface area (Å²) in [6.45, 7) is -0.256. The first-order valence-corrected chi connectivity index (χ1v) is 13.6. The molecule has 5 aromatic rings. The fourth-order valence-corrected chi connectivity index (χ4v) is 4.57. The fraction of sp³-hybridized carbons (Fsp3) is 0.0286. The van der Waals surface area contributed by atoms with Crippen LogP contribution < -0.4 is 4.74 Å². The lowest BCUT2D eigenvalue weighted by Gasteiger charge is -2.20. The molecule has 218 valence electrons. The number of ether oxygens (including phenoxy) is 2. The van der Waals surface area contributed by atoms with Crippen LogP contribution in [-0.2, 0) is 11.3 Å². The number of phenolic OH excluding ortho intramolecular Hbond substituents is 2. The molecular formula is C35H23ClO8. The van der Waals surface area contributed by atoms with E-state index in [1.54, 1.807) is 66.7 Å². The third kappa shape index (κ3) is 6.21. The molecule has 0 saturated heterocycles. The Morgan fingerprint density at radius 1 is 0.545 bits per heavy atom. The van der Waals surface area contributed by atoms with Crippen LogP contribution in [0.5, 0.6) is 17.2 Å². The highest BCUT2D eigenvalue weighted by molar-refractivity contribution is 6.31. The number of ketones is 2. The van der Waals surface area contributed by atoms with E-state index in [1.807, 2.05) is 0 Å². The molecule has 8 nitrogen and oxygen atoms in total. The number of carbonyl (C=O) groups excluding carboxylic acids is 4. The van der Waals surface area contributed by atoms with Gasteiger partial charge in [-0.15, -0.1) is 0 Å². The minimum Gasteiger partial charge on any atom is -0.504 e. The second-order valence-corrected chi connectivity index (χ2v) is 9.94. The molecule has 0 atom stereocenters. The molecule has 0 aliphatic carbocycles. The smallest absolute Gasteiger partial charge is 0.343 e. The van der Waals surface area contributed by atoms with Crippen molar-refractivity contribution >= 4 is 35.1 Å². The molecule has 0 unspecified atom stereocenters. The number of aromatic hydroxyl groups is 2. The second-order valence-electron chi connectivity index (χ2n) is 9.50. The van der Waals surface area contributed by atoms with Gasteiger partial charge in [-0.05, 0) is 42.0 Å². The zero-order valence-electron chi connectivity index (χ0n) is 22.9. The van der Waals surface area contributed by atoms with Crippen molar-refractivity contribution in [3.05, 3.63) is 159 Å². The highest BCUT2D eigenvalue weighted by atomic mass is 35.5. The summed E-state index contributed by atoms with van der Waals surface area (Å²) in [7, 11) is 0. The second kappa shape index (κ2) is 13.1. The van der Waals surface area contributed by atoms with Crippen LogP contribution in [-0.4, -0.2) is 33.7 Å². The number of carbonyl (C=O) groups is 4. The minimum absolute atomic E-state index is 0.0216. The fourth-order valence-electron chi connectivity index (χ4n) is 4.44. The van der Waals surface area contributed by atoms with Crippen molar-refractivity contribution in [2.45, 2.75) is 6.61 Å². The van der Waals surface area contributed by atoms with Crippen LogP contribution in [0, 0.1) is 0 Å². The van der Waals surface area contributed by atoms with Crippen molar-refractivity contribution < 1.29 is 38.9 Å². The molecule has 0 aromatic heterocycles. The van der Waals surface area contributed by atoms with Crippen molar-refractivity contribution in [1.29, 1.82) is 0 Å². The van der Waals surface area contributed by atoms with Crippen LogP contribution in [0.1, 0.15) is 58.1 Å². The lowest BCUT2D eigenvalue weighted by Crippen LogP contribution is -2.21. The van der Waals surface area contributed by atoms with E-state index >= 15 is 0 Å². The van der Waals surface area contributed by atoms with E-state index in [0.29, 0.717) is 10.6 Å². The Balaban J connectivity index is 1.76. The molecular weight excluding hydrogens is 584 g/mol. The molecule has 0 radical (unpaired) electrons. The van der Waals surface area contributed by atoms with Gasteiger partial charge >= 0.3 is 11.9 Å². The minimum atomic E-state index is -1.18. The average Bonchev–Trinajstić information content (AvgIpc) is 3.06. The summed E-state index contributed by atoms with van der Waals surface area (Å²) in [5, 5.41) is 22.7. The number of hydrogen-bond acceptors (Lipinski definition) is 8. The van der Waals surface area contributed by atoms with Gasteiger partial charge in [0.2, 0.25) is 5.75 Å². The first-order valence-electron chi connectivity index (χ1n) is 13.3. The number of halogens is 1. The van der Waals surface area contributed by atoms with Gasteiger partial charge in [-0.1, -0.05) is 90.5 Å². The summed E-state index contributed by atoms with van der Waals surface area (Å²) in [5.41, 5.74) is -1.39. The van der Waals surface area contributed by atoms with Crippen LogP contribution in [0.3, 0.4) is 0 Å². The molecule has 0 heterocycles. The third-order valence-electron chi connectivity index (χ3n) is 6.62. The van der Waals surface area contributed by atoms with E-state index in [9.17, 15) is 29.4 Å². The lowest BCUT2D eigenvalue weighted by atomic mass is 9.88. The summed E-state index contributed by atoms with van der Waals surface area (Å²) in [6.07, 6.45) is 0. The number of benzene rings is 5. The number of phenols is 2. The van der Waals surface area contributed by atoms with Gasteiger partial charge in [0, 0.05) is 16.1 Å². The predicted molar refractivity (Wildman–Crippen MR) is 161 cm³/mol.